The lowest BCUT2D eigenvalue weighted by Crippen LogP contribution is -2.22. The molecular weight excluding hydrogens is 462 g/mol. The number of hydrogen-bond donors (Lipinski definition) is 1. The molecule has 0 amide bonds. The Labute approximate surface area is 213 Å². The summed E-state index contributed by atoms with van der Waals surface area (Å²) in [4.78, 5) is 22.5. The molecule has 0 spiro atoms. The number of para-hydroxylation sites is 1. The van der Waals surface area contributed by atoms with E-state index in [4.69, 9.17) is 4.98 Å². The largest absolute Gasteiger partial charge is 0.349 e. The Hall–Kier alpha value is -4.09. The molecule has 0 aliphatic heterocycles. The SMILES string of the molecule is Cc1cc(C)cc(-n2c(SC(c3ccccc3)c3ccccc3)nc3c([nH]c4ccccc43)c2=O)c1. The number of aromatic amines is 1. The number of benzene rings is 4. The number of aromatic nitrogens is 3. The molecule has 176 valence electrons. The minimum absolute atomic E-state index is 0.0286. The van der Waals surface area contributed by atoms with Crippen LogP contribution in [0.5, 0.6) is 0 Å². The van der Waals surface area contributed by atoms with Crippen LogP contribution in [0, 0.1) is 13.8 Å². The fraction of sp³-hybridized carbons (Fsp3) is 0.0968. The lowest BCUT2D eigenvalue weighted by Gasteiger charge is -2.20. The summed E-state index contributed by atoms with van der Waals surface area (Å²) in [5, 5.41) is 1.59. The van der Waals surface area contributed by atoms with Gasteiger partial charge in [0.1, 0.15) is 11.0 Å². The van der Waals surface area contributed by atoms with Gasteiger partial charge in [-0.3, -0.25) is 9.36 Å². The summed E-state index contributed by atoms with van der Waals surface area (Å²) in [7, 11) is 0. The smallest absolute Gasteiger partial charge is 0.283 e. The number of fused-ring (bicyclic) bond motifs is 3. The third kappa shape index (κ3) is 4.01. The summed E-state index contributed by atoms with van der Waals surface area (Å²) in [6.07, 6.45) is 0. The van der Waals surface area contributed by atoms with Crippen LogP contribution in [0.25, 0.3) is 27.6 Å². The van der Waals surface area contributed by atoms with E-state index in [1.165, 1.54) is 0 Å². The summed E-state index contributed by atoms with van der Waals surface area (Å²) >= 11 is 1.61. The first-order chi connectivity index (χ1) is 17.6. The van der Waals surface area contributed by atoms with Gasteiger partial charge in [0.2, 0.25) is 0 Å². The second-order valence-corrected chi connectivity index (χ2v) is 10.2. The fourth-order valence-electron chi connectivity index (χ4n) is 4.82. The predicted molar refractivity (Wildman–Crippen MR) is 149 cm³/mol. The number of thioether (sulfide) groups is 1. The molecule has 4 nitrogen and oxygen atoms in total. The molecule has 0 fully saturated rings. The molecule has 2 heterocycles. The van der Waals surface area contributed by atoms with Crippen molar-refractivity contribution in [2.45, 2.75) is 24.3 Å². The zero-order valence-corrected chi connectivity index (χ0v) is 20.9. The summed E-state index contributed by atoms with van der Waals surface area (Å²) in [6, 6.07) is 35.0. The Bertz CT molecular complexity index is 1690. The number of nitrogens with zero attached hydrogens (tertiary/aromatic N) is 2. The van der Waals surface area contributed by atoms with Crippen LogP contribution in [0.4, 0.5) is 0 Å². The molecule has 6 rings (SSSR count). The molecule has 0 saturated carbocycles. The van der Waals surface area contributed by atoms with E-state index in [0.717, 1.165) is 38.8 Å². The maximum absolute atomic E-state index is 14.1. The molecule has 0 saturated heterocycles. The van der Waals surface area contributed by atoms with Crippen LogP contribution in [0.1, 0.15) is 27.5 Å². The molecule has 4 aromatic carbocycles. The van der Waals surface area contributed by atoms with Gasteiger partial charge in [0.05, 0.1) is 10.9 Å². The maximum atomic E-state index is 14.1. The highest BCUT2D eigenvalue weighted by Gasteiger charge is 2.23. The Balaban J connectivity index is 1.64. The quantitative estimate of drug-likeness (QED) is 0.204. The molecule has 6 aromatic rings. The molecular formula is C31H25N3OS. The average molecular weight is 488 g/mol. The highest BCUT2D eigenvalue weighted by Crippen LogP contribution is 2.40. The van der Waals surface area contributed by atoms with Crippen molar-refractivity contribution >= 4 is 33.7 Å². The molecule has 0 aliphatic rings. The lowest BCUT2D eigenvalue weighted by atomic mass is 10.0. The van der Waals surface area contributed by atoms with Crippen molar-refractivity contribution in [1.29, 1.82) is 0 Å². The minimum Gasteiger partial charge on any atom is -0.349 e. The highest BCUT2D eigenvalue weighted by molar-refractivity contribution is 7.99. The number of rotatable bonds is 5. The van der Waals surface area contributed by atoms with Gasteiger partial charge < -0.3 is 4.98 Å². The van der Waals surface area contributed by atoms with E-state index in [1.54, 1.807) is 16.3 Å². The molecule has 5 heteroatoms. The Morgan fingerprint density at radius 1 is 0.778 bits per heavy atom. The first kappa shape index (κ1) is 22.4. The first-order valence-corrected chi connectivity index (χ1v) is 12.8. The number of hydrogen-bond acceptors (Lipinski definition) is 3. The molecule has 36 heavy (non-hydrogen) atoms. The number of aryl methyl sites for hydroxylation is 2. The third-order valence-corrected chi connectivity index (χ3v) is 7.65. The highest BCUT2D eigenvalue weighted by atomic mass is 32.2. The van der Waals surface area contributed by atoms with Crippen LogP contribution in [0.3, 0.4) is 0 Å². The second-order valence-electron chi connectivity index (χ2n) is 9.09. The Morgan fingerprint density at radius 2 is 1.36 bits per heavy atom. The summed E-state index contributed by atoms with van der Waals surface area (Å²) < 4.78 is 1.77. The Kier molecular flexibility index (Phi) is 5.70. The molecule has 0 radical (unpaired) electrons. The van der Waals surface area contributed by atoms with E-state index in [2.05, 4.69) is 85.6 Å². The molecule has 0 atom stereocenters. The van der Waals surface area contributed by atoms with E-state index >= 15 is 0 Å². The van der Waals surface area contributed by atoms with Crippen molar-refractivity contribution in [3.8, 4) is 5.69 Å². The standard InChI is InChI=1S/C31H25N3OS/c1-20-17-21(2)19-24(18-20)34-30(35)28-27(25-15-9-10-16-26(25)32-28)33-31(34)36-29(22-11-5-3-6-12-22)23-13-7-4-8-14-23/h3-19,29,32H,1-2H3. The van der Waals surface area contributed by atoms with Crippen molar-refractivity contribution in [3.05, 3.63) is 136 Å². The first-order valence-electron chi connectivity index (χ1n) is 12.0. The average Bonchev–Trinajstić information content (AvgIpc) is 3.27. The summed E-state index contributed by atoms with van der Waals surface area (Å²) in [6.45, 7) is 4.11. The van der Waals surface area contributed by atoms with E-state index in [-0.39, 0.29) is 10.8 Å². The molecule has 2 aromatic heterocycles. The fourth-order valence-corrected chi connectivity index (χ4v) is 6.05. The lowest BCUT2D eigenvalue weighted by molar-refractivity contribution is 0.814. The van der Waals surface area contributed by atoms with Crippen LogP contribution >= 0.6 is 11.8 Å². The van der Waals surface area contributed by atoms with Crippen LogP contribution in [-0.2, 0) is 0 Å². The zero-order valence-electron chi connectivity index (χ0n) is 20.1. The van der Waals surface area contributed by atoms with Gasteiger partial charge in [-0.1, -0.05) is 96.7 Å². The van der Waals surface area contributed by atoms with E-state index < -0.39 is 0 Å². The van der Waals surface area contributed by atoms with E-state index in [1.807, 2.05) is 36.4 Å². The van der Waals surface area contributed by atoms with Crippen molar-refractivity contribution in [2.24, 2.45) is 0 Å². The predicted octanol–water partition coefficient (Wildman–Crippen LogP) is 7.37. The molecule has 0 aliphatic carbocycles. The van der Waals surface area contributed by atoms with Crippen molar-refractivity contribution in [3.63, 3.8) is 0 Å². The topological polar surface area (TPSA) is 50.7 Å². The summed E-state index contributed by atoms with van der Waals surface area (Å²) in [5.41, 5.74) is 7.40. The molecule has 0 unspecified atom stereocenters. The van der Waals surface area contributed by atoms with Gasteiger partial charge in [0, 0.05) is 10.9 Å². The van der Waals surface area contributed by atoms with Gasteiger partial charge in [-0.05, 0) is 54.3 Å². The maximum Gasteiger partial charge on any atom is 0.283 e. The van der Waals surface area contributed by atoms with Crippen LogP contribution in [0.2, 0.25) is 0 Å². The van der Waals surface area contributed by atoms with Gasteiger partial charge in [-0.15, -0.1) is 0 Å². The normalized spacial score (nSPS) is 11.5. The van der Waals surface area contributed by atoms with Crippen LogP contribution in [-0.4, -0.2) is 14.5 Å². The van der Waals surface area contributed by atoms with Crippen molar-refractivity contribution in [2.75, 3.05) is 0 Å². The second kappa shape index (κ2) is 9.17. The van der Waals surface area contributed by atoms with Crippen LogP contribution in [0.15, 0.2) is 113 Å². The van der Waals surface area contributed by atoms with Gasteiger partial charge in [0.25, 0.3) is 5.56 Å². The van der Waals surface area contributed by atoms with Gasteiger partial charge >= 0.3 is 0 Å². The molecule has 0 bridgehead atoms. The number of H-pyrrole nitrogens is 1. The van der Waals surface area contributed by atoms with Gasteiger partial charge in [-0.25, -0.2) is 4.98 Å². The van der Waals surface area contributed by atoms with Gasteiger partial charge in [-0.2, -0.15) is 0 Å². The van der Waals surface area contributed by atoms with Crippen molar-refractivity contribution < 1.29 is 0 Å². The van der Waals surface area contributed by atoms with E-state index in [9.17, 15) is 4.79 Å². The molecule has 1 N–H and O–H groups in total. The Morgan fingerprint density at radius 3 is 2.00 bits per heavy atom. The third-order valence-electron chi connectivity index (χ3n) is 6.39. The van der Waals surface area contributed by atoms with Crippen molar-refractivity contribution in [1.82, 2.24) is 14.5 Å². The monoisotopic (exact) mass is 487 g/mol. The summed E-state index contributed by atoms with van der Waals surface area (Å²) in [5.74, 6) is 0. The van der Waals surface area contributed by atoms with Crippen LogP contribution < -0.4 is 5.56 Å². The van der Waals surface area contributed by atoms with Gasteiger partial charge in [0.15, 0.2) is 5.16 Å². The minimum atomic E-state index is -0.0939. The zero-order chi connectivity index (χ0) is 24.6. The van der Waals surface area contributed by atoms with E-state index in [0.29, 0.717) is 16.2 Å². The number of nitrogens with one attached hydrogen (secondary N) is 1.